The van der Waals surface area contributed by atoms with Crippen LogP contribution in [0.2, 0.25) is 0 Å². The molecule has 3 aromatic rings. The molecule has 0 saturated heterocycles. The van der Waals surface area contributed by atoms with E-state index in [1.165, 1.54) is 26.0 Å². The van der Waals surface area contributed by atoms with Gasteiger partial charge in [-0.25, -0.2) is 5.43 Å². The second-order valence-corrected chi connectivity index (χ2v) is 6.95. The van der Waals surface area contributed by atoms with Gasteiger partial charge in [0.25, 0.3) is 5.91 Å². The molecule has 7 heteroatoms. The van der Waals surface area contributed by atoms with Gasteiger partial charge in [0.1, 0.15) is 6.61 Å². The molecule has 1 amide bonds. The summed E-state index contributed by atoms with van der Waals surface area (Å²) in [5.41, 5.74) is 5.92. The van der Waals surface area contributed by atoms with Crippen LogP contribution in [0.25, 0.3) is 0 Å². The highest BCUT2D eigenvalue weighted by atomic mass is 16.5. The van der Waals surface area contributed by atoms with E-state index in [9.17, 15) is 4.79 Å². The molecule has 166 valence electrons. The highest BCUT2D eigenvalue weighted by molar-refractivity contribution is 5.95. The van der Waals surface area contributed by atoms with E-state index in [4.69, 9.17) is 18.9 Å². The number of hydrazone groups is 1. The standard InChI is InChI=1S/C25H26N2O5/c1-17-5-7-18(8-6-17)16-32-22-11-9-19(13-23(22)30-3)15-26-27-25(28)20-10-12-21(29-2)24(14-20)31-4/h5-15H,16H2,1-4H3,(H,27,28)/b26-15+. The van der Waals surface area contributed by atoms with Crippen LogP contribution in [0.15, 0.2) is 65.8 Å². The molecule has 0 spiro atoms. The quantitative estimate of drug-likeness (QED) is 0.400. The average molecular weight is 434 g/mol. The van der Waals surface area contributed by atoms with Crippen molar-refractivity contribution in [3.05, 3.63) is 82.9 Å². The van der Waals surface area contributed by atoms with Gasteiger partial charge in [-0.2, -0.15) is 5.10 Å². The Morgan fingerprint density at radius 3 is 2.19 bits per heavy atom. The van der Waals surface area contributed by atoms with Gasteiger partial charge in [0.05, 0.1) is 27.5 Å². The first-order valence-corrected chi connectivity index (χ1v) is 9.96. The number of rotatable bonds is 9. The van der Waals surface area contributed by atoms with E-state index >= 15 is 0 Å². The normalized spacial score (nSPS) is 10.6. The van der Waals surface area contributed by atoms with E-state index in [-0.39, 0.29) is 5.91 Å². The molecule has 32 heavy (non-hydrogen) atoms. The summed E-state index contributed by atoms with van der Waals surface area (Å²) in [5, 5.41) is 4.03. The molecule has 0 heterocycles. The molecule has 0 unspecified atom stereocenters. The maximum absolute atomic E-state index is 12.4. The van der Waals surface area contributed by atoms with Crippen LogP contribution < -0.4 is 24.4 Å². The molecule has 1 N–H and O–H groups in total. The molecule has 0 saturated carbocycles. The summed E-state index contributed by atoms with van der Waals surface area (Å²) in [7, 11) is 4.63. The van der Waals surface area contributed by atoms with E-state index in [0.717, 1.165) is 11.1 Å². The summed E-state index contributed by atoms with van der Waals surface area (Å²) in [5.74, 6) is 1.85. The average Bonchev–Trinajstić information content (AvgIpc) is 2.83. The summed E-state index contributed by atoms with van der Waals surface area (Å²) in [4.78, 5) is 12.4. The highest BCUT2D eigenvalue weighted by Crippen LogP contribution is 2.29. The Kier molecular flexibility index (Phi) is 7.70. The molecule has 3 rings (SSSR count). The van der Waals surface area contributed by atoms with E-state index in [2.05, 4.69) is 10.5 Å². The zero-order valence-corrected chi connectivity index (χ0v) is 18.5. The zero-order valence-electron chi connectivity index (χ0n) is 18.5. The van der Waals surface area contributed by atoms with Crippen molar-refractivity contribution in [2.75, 3.05) is 21.3 Å². The summed E-state index contributed by atoms with van der Waals surface area (Å²) < 4.78 is 21.7. The Morgan fingerprint density at radius 1 is 0.844 bits per heavy atom. The van der Waals surface area contributed by atoms with Crippen LogP contribution >= 0.6 is 0 Å². The molecular formula is C25H26N2O5. The van der Waals surface area contributed by atoms with Gasteiger partial charge >= 0.3 is 0 Å². The number of hydrogen-bond donors (Lipinski definition) is 1. The predicted octanol–water partition coefficient (Wildman–Crippen LogP) is 4.36. The zero-order chi connectivity index (χ0) is 22.9. The van der Waals surface area contributed by atoms with Crippen molar-refractivity contribution in [1.29, 1.82) is 0 Å². The number of amides is 1. The minimum Gasteiger partial charge on any atom is -0.493 e. The third-order valence-electron chi connectivity index (χ3n) is 4.73. The van der Waals surface area contributed by atoms with Crippen molar-refractivity contribution in [2.45, 2.75) is 13.5 Å². The van der Waals surface area contributed by atoms with Gasteiger partial charge in [-0.1, -0.05) is 29.8 Å². The first-order valence-electron chi connectivity index (χ1n) is 9.96. The third-order valence-corrected chi connectivity index (χ3v) is 4.73. The second kappa shape index (κ2) is 10.9. The lowest BCUT2D eigenvalue weighted by Crippen LogP contribution is -2.17. The van der Waals surface area contributed by atoms with Crippen LogP contribution in [0.4, 0.5) is 0 Å². The van der Waals surface area contributed by atoms with E-state index in [1.54, 1.807) is 31.4 Å². The SMILES string of the molecule is COc1ccc(C(=O)N/N=C/c2ccc(OCc3ccc(C)cc3)c(OC)c2)cc1OC. The van der Waals surface area contributed by atoms with E-state index in [0.29, 0.717) is 35.2 Å². The van der Waals surface area contributed by atoms with E-state index in [1.807, 2.05) is 43.3 Å². The number of aryl methyl sites for hydroxylation is 1. The second-order valence-electron chi connectivity index (χ2n) is 6.95. The van der Waals surface area contributed by atoms with Crippen molar-refractivity contribution in [3.63, 3.8) is 0 Å². The molecule has 0 aliphatic carbocycles. The minimum atomic E-state index is -0.368. The monoisotopic (exact) mass is 434 g/mol. The van der Waals surface area contributed by atoms with Gasteiger partial charge in [0, 0.05) is 5.56 Å². The summed E-state index contributed by atoms with van der Waals surface area (Å²) >= 11 is 0. The van der Waals surface area contributed by atoms with Gasteiger partial charge in [0.2, 0.25) is 0 Å². The molecule has 0 bridgehead atoms. The number of ether oxygens (including phenoxy) is 4. The summed E-state index contributed by atoms with van der Waals surface area (Å²) in [6.45, 7) is 2.48. The maximum atomic E-state index is 12.4. The number of hydrogen-bond acceptors (Lipinski definition) is 6. The lowest BCUT2D eigenvalue weighted by atomic mass is 10.2. The number of carbonyl (C=O) groups excluding carboxylic acids is 1. The molecule has 0 aliphatic rings. The van der Waals surface area contributed by atoms with Crippen LogP contribution in [0.1, 0.15) is 27.0 Å². The molecule has 3 aromatic carbocycles. The smallest absolute Gasteiger partial charge is 0.271 e. The van der Waals surface area contributed by atoms with Gasteiger partial charge in [0.15, 0.2) is 23.0 Å². The van der Waals surface area contributed by atoms with Crippen LogP contribution in [0.3, 0.4) is 0 Å². The number of nitrogens with one attached hydrogen (secondary N) is 1. The lowest BCUT2D eigenvalue weighted by molar-refractivity contribution is 0.0954. The maximum Gasteiger partial charge on any atom is 0.271 e. The fraction of sp³-hybridized carbons (Fsp3) is 0.200. The minimum absolute atomic E-state index is 0.368. The Hall–Kier alpha value is -4.00. The Labute approximate surface area is 187 Å². The summed E-state index contributed by atoms with van der Waals surface area (Å²) in [6.07, 6.45) is 1.53. The van der Waals surface area contributed by atoms with Crippen LogP contribution in [0, 0.1) is 6.92 Å². The number of benzene rings is 3. The van der Waals surface area contributed by atoms with Crippen molar-refractivity contribution in [2.24, 2.45) is 5.10 Å². The summed E-state index contributed by atoms with van der Waals surface area (Å²) in [6, 6.07) is 18.5. The number of methoxy groups -OCH3 is 3. The fourth-order valence-corrected chi connectivity index (χ4v) is 2.94. The topological polar surface area (TPSA) is 78.4 Å². The lowest BCUT2D eigenvalue weighted by Gasteiger charge is -2.11. The number of carbonyl (C=O) groups is 1. The molecule has 7 nitrogen and oxygen atoms in total. The van der Waals surface area contributed by atoms with Crippen LogP contribution in [-0.2, 0) is 6.61 Å². The molecule has 0 atom stereocenters. The van der Waals surface area contributed by atoms with E-state index < -0.39 is 0 Å². The highest BCUT2D eigenvalue weighted by Gasteiger charge is 2.10. The molecule has 0 aromatic heterocycles. The van der Waals surface area contributed by atoms with Gasteiger partial charge in [-0.05, 0) is 54.4 Å². The predicted molar refractivity (Wildman–Crippen MR) is 123 cm³/mol. The first-order chi connectivity index (χ1) is 15.5. The van der Waals surface area contributed by atoms with Crippen molar-refractivity contribution >= 4 is 12.1 Å². The van der Waals surface area contributed by atoms with Crippen LogP contribution in [-0.4, -0.2) is 33.5 Å². The first kappa shape index (κ1) is 22.7. The van der Waals surface area contributed by atoms with Gasteiger partial charge < -0.3 is 18.9 Å². The van der Waals surface area contributed by atoms with Crippen LogP contribution in [0.5, 0.6) is 23.0 Å². The molecule has 0 aliphatic heterocycles. The van der Waals surface area contributed by atoms with Gasteiger partial charge in [-0.15, -0.1) is 0 Å². The van der Waals surface area contributed by atoms with Crippen molar-refractivity contribution in [1.82, 2.24) is 5.43 Å². The van der Waals surface area contributed by atoms with Gasteiger partial charge in [-0.3, -0.25) is 4.79 Å². The van der Waals surface area contributed by atoms with Crippen molar-refractivity contribution < 1.29 is 23.7 Å². The number of nitrogens with zero attached hydrogens (tertiary/aromatic N) is 1. The Morgan fingerprint density at radius 2 is 1.50 bits per heavy atom. The Balaban J connectivity index is 1.63. The Bertz CT molecular complexity index is 1090. The van der Waals surface area contributed by atoms with Crippen molar-refractivity contribution in [3.8, 4) is 23.0 Å². The molecule has 0 radical (unpaired) electrons. The third kappa shape index (κ3) is 5.78. The fourth-order valence-electron chi connectivity index (χ4n) is 2.94. The molecular weight excluding hydrogens is 408 g/mol. The largest absolute Gasteiger partial charge is 0.493 e. The molecule has 0 fully saturated rings.